The number of hydrogen-bond acceptors (Lipinski definition) is 2. The molecule has 0 aromatic heterocycles. The Hall–Kier alpha value is -1.13. The summed E-state index contributed by atoms with van der Waals surface area (Å²) in [7, 11) is -3.48. The number of sulfonamides is 1. The van der Waals surface area contributed by atoms with Crippen molar-refractivity contribution in [1.82, 2.24) is 4.72 Å². The van der Waals surface area contributed by atoms with Gasteiger partial charge in [-0.05, 0) is 0 Å². The van der Waals surface area contributed by atoms with Crippen LogP contribution >= 0.6 is 0 Å². The Morgan fingerprint density at radius 2 is 1.72 bits per heavy atom. The van der Waals surface area contributed by atoms with Crippen molar-refractivity contribution < 1.29 is 8.42 Å². The molecule has 1 N–H and O–H groups in total. The summed E-state index contributed by atoms with van der Waals surface area (Å²) in [6.45, 7) is 4.21. The zero-order chi connectivity index (χ0) is 17.9. The zero-order valence-corrected chi connectivity index (χ0v) is 17.3. The molecule has 0 amide bonds. The van der Waals surface area contributed by atoms with Crippen molar-refractivity contribution in [2.24, 2.45) is 0 Å². The number of aryl methyl sites for hydroxylation is 1. The van der Waals surface area contributed by atoms with E-state index < -0.39 is 10.0 Å². The number of benzene rings is 2. The van der Waals surface area contributed by atoms with E-state index in [2.05, 4.69) is 35.9 Å². The second kappa shape index (κ2) is 7.63. The van der Waals surface area contributed by atoms with E-state index in [1.54, 1.807) is 12.1 Å². The monoisotopic (exact) mass is 423 g/mol. The average molecular weight is 422 g/mol. The van der Waals surface area contributed by atoms with Crippen LogP contribution in [0.5, 0.6) is 0 Å². The van der Waals surface area contributed by atoms with Crippen LogP contribution in [0, 0.1) is 6.92 Å². The molecule has 1 saturated carbocycles. The molecule has 134 valence electrons. The third-order valence-electron chi connectivity index (χ3n) is 4.88. The molecule has 1 fully saturated rings. The molecule has 3 nitrogen and oxygen atoms in total. The van der Waals surface area contributed by atoms with Gasteiger partial charge in [-0.1, -0.05) is 0 Å². The molecule has 0 bridgehead atoms. The number of rotatable bonds is 5. The summed E-state index contributed by atoms with van der Waals surface area (Å²) in [5, 5.41) is 0. The molecule has 5 heteroatoms. The molecule has 0 spiro atoms. The maximum atomic E-state index is 12.8. The third-order valence-corrected chi connectivity index (χ3v) is 9.43. The molecule has 1 aliphatic carbocycles. The fourth-order valence-corrected chi connectivity index (χ4v) is 7.82. The van der Waals surface area contributed by atoms with Crippen molar-refractivity contribution in [3.8, 4) is 0 Å². The van der Waals surface area contributed by atoms with Crippen LogP contribution in [0.1, 0.15) is 38.2 Å². The van der Waals surface area contributed by atoms with Gasteiger partial charge in [-0.15, -0.1) is 0 Å². The van der Waals surface area contributed by atoms with E-state index in [9.17, 15) is 8.42 Å². The Morgan fingerprint density at radius 3 is 2.40 bits per heavy atom. The summed E-state index contributed by atoms with van der Waals surface area (Å²) in [5.74, 6) is 0. The summed E-state index contributed by atoms with van der Waals surface area (Å²) < 4.78 is 30.1. The van der Waals surface area contributed by atoms with Crippen molar-refractivity contribution in [3.63, 3.8) is 0 Å². The molecule has 1 aliphatic rings. The fraction of sp³-hybridized carbons (Fsp3) is 0.400. The van der Waals surface area contributed by atoms with E-state index in [1.165, 1.54) is 10.9 Å². The van der Waals surface area contributed by atoms with E-state index in [4.69, 9.17) is 0 Å². The molecular weight excluding hydrogens is 397 g/mol. The topological polar surface area (TPSA) is 46.2 Å². The normalized spacial score (nSPS) is 24.2. The van der Waals surface area contributed by atoms with E-state index in [1.807, 2.05) is 25.1 Å². The second-order valence-electron chi connectivity index (χ2n) is 6.96. The van der Waals surface area contributed by atoms with Gasteiger partial charge in [0.2, 0.25) is 0 Å². The standard InChI is InChI=1S/C20H25NO2SSe/c1-16-11-13-17(14-12-16)24(22,23)21-19-10-6-7-15-20(19,2)25-18-8-4-3-5-9-18/h3-5,8-9,11-14,19,21H,6-7,10,15H2,1-2H3/t19-,20-/m1/s1. The molecule has 0 saturated heterocycles. The van der Waals surface area contributed by atoms with Gasteiger partial charge < -0.3 is 0 Å². The van der Waals surface area contributed by atoms with Crippen LogP contribution in [0.25, 0.3) is 0 Å². The fourth-order valence-electron chi connectivity index (χ4n) is 3.34. The van der Waals surface area contributed by atoms with Gasteiger partial charge in [-0.3, -0.25) is 0 Å². The van der Waals surface area contributed by atoms with E-state index >= 15 is 0 Å². The summed E-state index contributed by atoms with van der Waals surface area (Å²) in [5.41, 5.74) is 1.06. The Morgan fingerprint density at radius 1 is 1.04 bits per heavy atom. The van der Waals surface area contributed by atoms with Crippen LogP contribution in [-0.2, 0) is 10.0 Å². The van der Waals surface area contributed by atoms with Crippen LogP contribution in [0.3, 0.4) is 0 Å². The van der Waals surface area contributed by atoms with Gasteiger partial charge >= 0.3 is 158 Å². The van der Waals surface area contributed by atoms with Crippen molar-refractivity contribution in [1.29, 1.82) is 0 Å². The molecule has 3 rings (SSSR count). The minimum atomic E-state index is -3.48. The van der Waals surface area contributed by atoms with E-state index in [0.717, 1.165) is 24.8 Å². The van der Waals surface area contributed by atoms with E-state index in [-0.39, 0.29) is 25.3 Å². The first kappa shape index (κ1) is 18.7. The quantitative estimate of drug-likeness (QED) is 0.751. The molecule has 2 aromatic carbocycles. The van der Waals surface area contributed by atoms with Crippen LogP contribution < -0.4 is 9.18 Å². The summed E-state index contributed by atoms with van der Waals surface area (Å²) in [6, 6.07) is 17.6. The Balaban J connectivity index is 1.82. The van der Waals surface area contributed by atoms with Crippen molar-refractivity contribution >= 4 is 29.4 Å². The first-order valence-corrected chi connectivity index (χ1v) is 11.9. The van der Waals surface area contributed by atoms with Crippen LogP contribution in [-0.4, -0.2) is 29.4 Å². The third kappa shape index (κ3) is 4.53. The molecule has 25 heavy (non-hydrogen) atoms. The predicted molar refractivity (Wildman–Crippen MR) is 104 cm³/mol. The predicted octanol–water partition coefficient (Wildman–Crippen LogP) is 3.42. The van der Waals surface area contributed by atoms with Gasteiger partial charge in [0.25, 0.3) is 0 Å². The Labute approximate surface area is 157 Å². The van der Waals surface area contributed by atoms with E-state index in [0.29, 0.717) is 4.90 Å². The Bertz CT molecular complexity index is 805. The molecular formula is C20H25NO2SSe. The second-order valence-corrected chi connectivity index (χ2v) is 12.0. The molecule has 0 radical (unpaired) electrons. The van der Waals surface area contributed by atoms with Gasteiger partial charge in [0.05, 0.1) is 0 Å². The van der Waals surface area contributed by atoms with Crippen LogP contribution in [0.15, 0.2) is 59.5 Å². The summed E-state index contributed by atoms with van der Waals surface area (Å²) in [6.07, 6.45) is 4.24. The summed E-state index contributed by atoms with van der Waals surface area (Å²) in [4.78, 5) is 0.359. The molecule has 0 aliphatic heterocycles. The minimum absolute atomic E-state index is 0.00434. The van der Waals surface area contributed by atoms with Crippen LogP contribution in [0.2, 0.25) is 4.31 Å². The van der Waals surface area contributed by atoms with Crippen molar-refractivity contribution in [3.05, 3.63) is 60.2 Å². The number of nitrogens with one attached hydrogen (secondary N) is 1. The Kier molecular flexibility index (Phi) is 5.69. The molecule has 0 heterocycles. The molecule has 2 aromatic rings. The average Bonchev–Trinajstić information content (AvgIpc) is 2.58. The summed E-state index contributed by atoms with van der Waals surface area (Å²) >= 11 is 0.231. The zero-order valence-electron chi connectivity index (χ0n) is 14.7. The number of hydrogen-bond donors (Lipinski definition) is 1. The van der Waals surface area contributed by atoms with Crippen LogP contribution in [0.4, 0.5) is 0 Å². The van der Waals surface area contributed by atoms with Gasteiger partial charge in [-0.2, -0.15) is 0 Å². The molecule has 0 unspecified atom stereocenters. The first-order valence-electron chi connectivity index (χ1n) is 8.72. The van der Waals surface area contributed by atoms with Gasteiger partial charge in [0.15, 0.2) is 0 Å². The first-order chi connectivity index (χ1) is 11.9. The molecule has 2 atom stereocenters. The SMILES string of the molecule is Cc1ccc(S(=O)(=O)N[C@@H]2CCCC[C@@]2(C)[Se]c2ccccc2)cc1. The van der Waals surface area contributed by atoms with Crippen molar-refractivity contribution in [2.75, 3.05) is 0 Å². The van der Waals surface area contributed by atoms with Crippen molar-refractivity contribution in [2.45, 2.75) is 54.8 Å². The maximum absolute atomic E-state index is 12.8. The van der Waals surface area contributed by atoms with Gasteiger partial charge in [0.1, 0.15) is 0 Å². The van der Waals surface area contributed by atoms with Gasteiger partial charge in [0, 0.05) is 0 Å². The van der Waals surface area contributed by atoms with Gasteiger partial charge in [-0.25, -0.2) is 0 Å².